The first-order chi connectivity index (χ1) is 11.5. The number of hydrogen-bond donors (Lipinski definition) is 2. The fourth-order valence-electron chi connectivity index (χ4n) is 3.37. The molecule has 0 spiro atoms. The molecule has 1 aromatic heterocycles. The van der Waals surface area contributed by atoms with E-state index in [9.17, 15) is 9.59 Å². The second-order valence-corrected chi connectivity index (χ2v) is 5.94. The number of nitrogens with one attached hydrogen (secondary N) is 2. The van der Waals surface area contributed by atoms with Crippen molar-refractivity contribution in [2.45, 2.75) is 19.8 Å². The van der Waals surface area contributed by atoms with Gasteiger partial charge in [0.25, 0.3) is 5.56 Å². The third-order valence-electron chi connectivity index (χ3n) is 4.50. The largest absolute Gasteiger partial charge is 0.423 e. The Morgan fingerprint density at radius 3 is 2.79 bits per heavy atom. The van der Waals surface area contributed by atoms with Crippen molar-refractivity contribution in [1.29, 1.82) is 5.26 Å². The first-order valence-electron chi connectivity index (χ1n) is 7.47. The molecule has 0 amide bonds. The zero-order valence-corrected chi connectivity index (χ0v) is 13.1. The van der Waals surface area contributed by atoms with Crippen LogP contribution in [-0.4, -0.2) is 11.0 Å². The average molecular weight is 319 g/mol. The Kier molecular flexibility index (Phi) is 2.87. The number of hydrogen-bond acceptors (Lipinski definition) is 5. The Hall–Kier alpha value is -3.33. The number of aryl methyl sites for hydroxylation is 1. The van der Waals surface area contributed by atoms with Crippen molar-refractivity contribution >= 4 is 11.7 Å². The topological polar surface area (TPSA) is 95.0 Å². The number of H-pyrrole nitrogens is 1. The molecule has 2 aromatic rings. The summed E-state index contributed by atoms with van der Waals surface area (Å²) in [7, 11) is 0. The quantitative estimate of drug-likeness (QED) is 0.574. The van der Waals surface area contributed by atoms with Gasteiger partial charge in [-0.3, -0.25) is 4.79 Å². The number of nitriles is 1. The van der Waals surface area contributed by atoms with Crippen molar-refractivity contribution in [2.24, 2.45) is 0 Å². The minimum atomic E-state index is -0.506. The molecule has 2 N–H and O–H groups in total. The van der Waals surface area contributed by atoms with E-state index in [1.807, 2.05) is 13.0 Å². The molecule has 0 saturated heterocycles. The summed E-state index contributed by atoms with van der Waals surface area (Å²) in [6.07, 6.45) is 1.65. The molecule has 0 saturated carbocycles. The molecule has 24 heavy (non-hydrogen) atoms. The second-order valence-electron chi connectivity index (χ2n) is 5.94. The lowest BCUT2D eigenvalue weighted by molar-refractivity contribution is -0.131. The number of aromatic nitrogens is 1. The molecular weight excluding hydrogens is 306 g/mol. The zero-order chi connectivity index (χ0) is 17.0. The molecule has 1 atom stereocenters. The fraction of sp³-hybridized carbons (Fsp3) is 0.167. The number of carbonyl (C=O) groups excluding carboxylic acids is 1. The molecular formula is C18H13N3O3. The number of benzene rings is 1. The lowest BCUT2D eigenvalue weighted by Gasteiger charge is -2.34. The van der Waals surface area contributed by atoms with Crippen LogP contribution in [0.3, 0.4) is 0 Å². The molecule has 1 aromatic carbocycles. The van der Waals surface area contributed by atoms with Crippen LogP contribution >= 0.6 is 0 Å². The van der Waals surface area contributed by atoms with Crippen molar-refractivity contribution in [1.82, 2.24) is 4.98 Å². The number of rotatable bonds is 0. The first kappa shape index (κ1) is 14.3. The van der Waals surface area contributed by atoms with Gasteiger partial charge in [-0.15, -0.1) is 0 Å². The normalized spacial score (nSPS) is 17.9. The highest BCUT2D eigenvalue weighted by atomic mass is 16.5. The van der Waals surface area contributed by atoms with Crippen LogP contribution in [-0.2, 0) is 4.79 Å². The number of nitrogens with zero attached hydrogens (tertiary/aromatic N) is 1. The predicted molar refractivity (Wildman–Crippen MR) is 86.8 cm³/mol. The summed E-state index contributed by atoms with van der Waals surface area (Å²) < 4.78 is 5.40. The monoisotopic (exact) mass is 319 g/mol. The van der Waals surface area contributed by atoms with E-state index in [0.717, 1.165) is 11.3 Å². The molecule has 118 valence electrons. The second kappa shape index (κ2) is 4.83. The molecule has 0 bridgehead atoms. The van der Waals surface area contributed by atoms with E-state index in [2.05, 4.69) is 10.3 Å². The maximum Gasteiger partial charge on any atom is 0.342 e. The maximum atomic E-state index is 12.5. The average Bonchev–Trinajstić information content (AvgIpc) is 2.57. The van der Waals surface area contributed by atoms with Gasteiger partial charge in [0.15, 0.2) is 0 Å². The Morgan fingerprint density at radius 2 is 2.04 bits per heavy atom. The van der Waals surface area contributed by atoms with Crippen molar-refractivity contribution in [2.75, 3.05) is 5.32 Å². The minimum absolute atomic E-state index is 0.247. The van der Waals surface area contributed by atoms with Crippen LogP contribution in [0, 0.1) is 18.3 Å². The van der Waals surface area contributed by atoms with Gasteiger partial charge in [0.1, 0.15) is 5.75 Å². The number of carbonyl (C=O) groups is 1. The third-order valence-corrected chi connectivity index (χ3v) is 4.50. The number of allylic oxidation sites excluding steroid dienone is 1. The van der Waals surface area contributed by atoms with Crippen molar-refractivity contribution in [3.8, 4) is 11.8 Å². The van der Waals surface area contributed by atoms with Crippen molar-refractivity contribution < 1.29 is 9.53 Å². The summed E-state index contributed by atoms with van der Waals surface area (Å²) in [5.41, 5.74) is 4.06. The number of anilines is 1. The lowest BCUT2D eigenvalue weighted by atomic mass is 9.79. The van der Waals surface area contributed by atoms with Gasteiger partial charge in [0, 0.05) is 17.5 Å². The summed E-state index contributed by atoms with van der Waals surface area (Å²) >= 11 is 0. The van der Waals surface area contributed by atoms with E-state index >= 15 is 0 Å². The highest BCUT2D eigenvalue weighted by Gasteiger charge is 2.40. The van der Waals surface area contributed by atoms with Crippen molar-refractivity contribution in [3.63, 3.8) is 0 Å². The molecule has 0 fully saturated rings. The highest BCUT2D eigenvalue weighted by molar-refractivity contribution is 5.98. The van der Waals surface area contributed by atoms with E-state index in [1.54, 1.807) is 25.3 Å². The van der Waals surface area contributed by atoms with Gasteiger partial charge >= 0.3 is 5.97 Å². The van der Waals surface area contributed by atoms with Gasteiger partial charge in [-0.2, -0.15) is 5.26 Å². The van der Waals surface area contributed by atoms with Gasteiger partial charge in [-0.25, -0.2) is 4.79 Å². The van der Waals surface area contributed by atoms with E-state index in [1.165, 1.54) is 6.07 Å². The van der Waals surface area contributed by atoms with E-state index in [4.69, 9.17) is 10.00 Å². The Balaban J connectivity index is 2.07. The van der Waals surface area contributed by atoms with E-state index in [0.29, 0.717) is 33.7 Å². The van der Waals surface area contributed by atoms with Crippen LogP contribution in [0.25, 0.3) is 0 Å². The molecule has 4 rings (SSSR count). The number of esters is 1. The van der Waals surface area contributed by atoms with Crippen LogP contribution in [0.2, 0.25) is 0 Å². The zero-order valence-electron chi connectivity index (χ0n) is 13.1. The summed E-state index contributed by atoms with van der Waals surface area (Å²) in [6.45, 7) is 3.68. The molecule has 6 nitrogen and oxygen atoms in total. The highest BCUT2D eigenvalue weighted by Crippen LogP contribution is 2.47. The molecule has 6 heteroatoms. The van der Waals surface area contributed by atoms with Gasteiger partial charge in [-0.1, -0.05) is 6.07 Å². The summed E-state index contributed by atoms with van der Waals surface area (Å²) in [5, 5.41) is 12.2. The summed E-state index contributed by atoms with van der Waals surface area (Å²) in [5.74, 6) is -0.678. The Morgan fingerprint density at radius 1 is 1.25 bits per heavy atom. The van der Waals surface area contributed by atoms with Crippen LogP contribution in [0.4, 0.5) is 5.69 Å². The number of ether oxygens (including phenoxy) is 1. The Bertz CT molecular complexity index is 1040. The fourth-order valence-corrected chi connectivity index (χ4v) is 3.37. The van der Waals surface area contributed by atoms with E-state index in [-0.39, 0.29) is 5.56 Å². The molecule has 2 aliphatic heterocycles. The van der Waals surface area contributed by atoms with Crippen LogP contribution < -0.4 is 15.6 Å². The number of pyridine rings is 1. The first-order valence-corrected chi connectivity index (χ1v) is 7.47. The maximum absolute atomic E-state index is 12.5. The van der Waals surface area contributed by atoms with Crippen LogP contribution in [0.15, 0.2) is 40.5 Å². The van der Waals surface area contributed by atoms with Gasteiger partial charge < -0.3 is 15.0 Å². The summed E-state index contributed by atoms with van der Waals surface area (Å²) in [4.78, 5) is 27.7. The third kappa shape index (κ3) is 1.82. The van der Waals surface area contributed by atoms with Crippen LogP contribution in [0.5, 0.6) is 5.75 Å². The Labute approximate surface area is 137 Å². The predicted octanol–water partition coefficient (Wildman–Crippen LogP) is 2.31. The smallest absolute Gasteiger partial charge is 0.342 e. The van der Waals surface area contributed by atoms with E-state index < -0.39 is 11.9 Å². The standard InChI is InChI=1S/C18H13N3O3/c1-8-7-20-17(22)15-14-11-4-3-10(6-19)5-12(11)24-18(23)13(14)9(2)21-16(8)15/h3-5,7,14,21H,1-2H3,(H,20,22). The SMILES string of the molecule is CC1=C2C(=O)Oc3cc(C#N)ccc3C2c2c(c(C)c[nH]c2=O)N1. The number of fused-ring (bicyclic) bond motifs is 5. The lowest BCUT2D eigenvalue weighted by Crippen LogP contribution is -2.34. The molecule has 3 heterocycles. The molecule has 0 aliphatic carbocycles. The van der Waals surface area contributed by atoms with Gasteiger partial charge in [0.05, 0.1) is 34.4 Å². The van der Waals surface area contributed by atoms with Gasteiger partial charge in [-0.05, 0) is 31.5 Å². The van der Waals surface area contributed by atoms with Crippen LogP contribution in [0.1, 0.15) is 35.1 Å². The minimum Gasteiger partial charge on any atom is -0.423 e. The molecule has 1 unspecified atom stereocenters. The number of aromatic amines is 1. The van der Waals surface area contributed by atoms with Crippen molar-refractivity contribution in [3.05, 3.63) is 68.3 Å². The molecule has 2 aliphatic rings. The summed E-state index contributed by atoms with van der Waals surface area (Å²) in [6, 6.07) is 6.97. The molecule has 0 radical (unpaired) electrons. The van der Waals surface area contributed by atoms with Gasteiger partial charge in [0.2, 0.25) is 0 Å².